The number of aryl methyl sites for hydroxylation is 1. The summed E-state index contributed by atoms with van der Waals surface area (Å²) in [5.74, 6) is 1.21. The molecule has 0 saturated carbocycles. The highest BCUT2D eigenvalue weighted by Gasteiger charge is 2.26. The lowest BCUT2D eigenvalue weighted by molar-refractivity contribution is -0.117. The molecule has 4 heteroatoms. The maximum Gasteiger partial charge on any atom is 0.242 e. The van der Waals surface area contributed by atoms with Gasteiger partial charge in [-0.3, -0.25) is 4.79 Å². The van der Waals surface area contributed by atoms with Crippen LogP contribution in [0, 0.1) is 12.8 Å². The molecule has 0 spiro atoms. The third-order valence-electron chi connectivity index (χ3n) is 2.83. The van der Waals surface area contributed by atoms with Gasteiger partial charge in [0.05, 0.1) is 6.04 Å². The summed E-state index contributed by atoms with van der Waals surface area (Å²) < 4.78 is 0. The van der Waals surface area contributed by atoms with E-state index in [-0.39, 0.29) is 11.9 Å². The summed E-state index contributed by atoms with van der Waals surface area (Å²) in [5.41, 5.74) is 1.09. The second-order valence-corrected chi connectivity index (χ2v) is 4.51. The third kappa shape index (κ3) is 2.58. The molecule has 1 aromatic heterocycles. The topological polar surface area (TPSA) is 54.0 Å². The van der Waals surface area contributed by atoms with Gasteiger partial charge in [-0.15, -0.1) is 0 Å². The van der Waals surface area contributed by atoms with E-state index in [1.54, 1.807) is 6.20 Å². The molecule has 16 heavy (non-hydrogen) atoms. The summed E-state index contributed by atoms with van der Waals surface area (Å²) in [6, 6.07) is 3.69. The first-order valence-corrected chi connectivity index (χ1v) is 5.62. The molecule has 0 aromatic carbocycles. The lowest BCUT2D eigenvalue weighted by atomic mass is 10.1. The van der Waals surface area contributed by atoms with Gasteiger partial charge in [0.15, 0.2) is 0 Å². The van der Waals surface area contributed by atoms with Crippen molar-refractivity contribution >= 4 is 11.7 Å². The Hall–Kier alpha value is -1.42. The van der Waals surface area contributed by atoms with Crippen molar-refractivity contribution in [2.75, 3.05) is 11.9 Å². The zero-order valence-electron chi connectivity index (χ0n) is 9.66. The van der Waals surface area contributed by atoms with Crippen LogP contribution in [-0.2, 0) is 4.79 Å². The maximum atomic E-state index is 11.8. The zero-order chi connectivity index (χ0) is 11.5. The number of pyridine rings is 1. The Balaban J connectivity index is 1.94. The average molecular weight is 219 g/mol. The molecule has 0 unspecified atom stereocenters. The normalized spacial score (nSPS) is 24.4. The fraction of sp³-hybridized carbons (Fsp3) is 0.500. The molecule has 1 aliphatic rings. The number of hydrogen-bond donors (Lipinski definition) is 2. The Morgan fingerprint density at radius 1 is 1.56 bits per heavy atom. The first kappa shape index (κ1) is 11.1. The Labute approximate surface area is 95.5 Å². The molecule has 1 aliphatic heterocycles. The van der Waals surface area contributed by atoms with Crippen molar-refractivity contribution in [2.24, 2.45) is 5.92 Å². The van der Waals surface area contributed by atoms with E-state index in [9.17, 15) is 4.79 Å². The molecule has 86 valence electrons. The number of nitrogens with one attached hydrogen (secondary N) is 2. The molecular formula is C12H17N3O. The van der Waals surface area contributed by atoms with E-state index in [1.807, 2.05) is 19.1 Å². The summed E-state index contributed by atoms with van der Waals surface area (Å²) in [6.07, 6.45) is 2.65. The summed E-state index contributed by atoms with van der Waals surface area (Å²) >= 11 is 0. The van der Waals surface area contributed by atoms with Crippen LogP contribution < -0.4 is 10.6 Å². The van der Waals surface area contributed by atoms with Gasteiger partial charge in [-0.25, -0.2) is 4.98 Å². The van der Waals surface area contributed by atoms with E-state index in [0.717, 1.165) is 18.5 Å². The van der Waals surface area contributed by atoms with E-state index in [4.69, 9.17) is 0 Å². The van der Waals surface area contributed by atoms with Crippen LogP contribution in [0.25, 0.3) is 0 Å². The summed E-state index contributed by atoms with van der Waals surface area (Å²) in [6.45, 7) is 5.03. The minimum absolute atomic E-state index is 0.0145. The summed E-state index contributed by atoms with van der Waals surface area (Å²) in [5, 5.41) is 6.02. The maximum absolute atomic E-state index is 11.8. The van der Waals surface area contributed by atoms with Crippen molar-refractivity contribution in [2.45, 2.75) is 26.3 Å². The van der Waals surface area contributed by atoms with Gasteiger partial charge in [0, 0.05) is 6.20 Å². The predicted octanol–water partition coefficient (Wildman–Crippen LogP) is 1.33. The van der Waals surface area contributed by atoms with Crippen molar-refractivity contribution in [1.82, 2.24) is 10.3 Å². The number of nitrogens with zero attached hydrogens (tertiary/aromatic N) is 1. The highest BCUT2D eigenvalue weighted by molar-refractivity contribution is 5.94. The average Bonchev–Trinajstić information content (AvgIpc) is 2.68. The van der Waals surface area contributed by atoms with Gasteiger partial charge >= 0.3 is 0 Å². The van der Waals surface area contributed by atoms with Crippen LogP contribution in [0.15, 0.2) is 18.3 Å². The largest absolute Gasteiger partial charge is 0.309 e. The number of rotatable bonds is 2. The lowest BCUT2D eigenvalue weighted by Gasteiger charge is -2.10. The van der Waals surface area contributed by atoms with Crippen LogP contribution >= 0.6 is 0 Å². The van der Waals surface area contributed by atoms with Gasteiger partial charge in [0.1, 0.15) is 5.82 Å². The quantitative estimate of drug-likeness (QED) is 0.789. The molecule has 1 fully saturated rings. The molecule has 2 N–H and O–H groups in total. The van der Waals surface area contributed by atoms with Gasteiger partial charge in [0.2, 0.25) is 5.91 Å². The molecular weight excluding hydrogens is 202 g/mol. The molecule has 2 heterocycles. The number of hydrogen-bond acceptors (Lipinski definition) is 3. The number of carbonyl (C=O) groups excluding carboxylic acids is 1. The number of aromatic nitrogens is 1. The van der Waals surface area contributed by atoms with Crippen molar-refractivity contribution in [3.8, 4) is 0 Å². The van der Waals surface area contributed by atoms with Crippen LogP contribution in [0.4, 0.5) is 5.82 Å². The van der Waals surface area contributed by atoms with Crippen LogP contribution in [0.1, 0.15) is 18.9 Å². The van der Waals surface area contributed by atoms with E-state index in [0.29, 0.717) is 11.7 Å². The Bertz CT molecular complexity index is 374. The summed E-state index contributed by atoms with van der Waals surface area (Å²) in [7, 11) is 0. The van der Waals surface area contributed by atoms with Gasteiger partial charge in [-0.1, -0.05) is 13.0 Å². The van der Waals surface area contributed by atoms with E-state index >= 15 is 0 Å². The van der Waals surface area contributed by atoms with Crippen molar-refractivity contribution in [1.29, 1.82) is 0 Å². The molecule has 1 saturated heterocycles. The predicted molar refractivity (Wildman–Crippen MR) is 63.2 cm³/mol. The van der Waals surface area contributed by atoms with Crippen LogP contribution in [0.2, 0.25) is 0 Å². The number of amides is 1. The van der Waals surface area contributed by atoms with Gasteiger partial charge in [-0.05, 0) is 37.4 Å². The molecule has 0 aliphatic carbocycles. The Kier molecular flexibility index (Phi) is 3.19. The molecule has 1 amide bonds. The van der Waals surface area contributed by atoms with Crippen molar-refractivity contribution in [3.05, 3.63) is 23.9 Å². The molecule has 1 aromatic rings. The van der Waals surface area contributed by atoms with E-state index in [2.05, 4.69) is 22.5 Å². The molecule has 2 rings (SSSR count). The van der Waals surface area contributed by atoms with Crippen LogP contribution in [0.5, 0.6) is 0 Å². The second kappa shape index (κ2) is 4.61. The monoisotopic (exact) mass is 219 g/mol. The SMILES string of the molecule is Cc1ccc(NC(=O)[C@@H]2C[C@H](C)CN2)nc1. The highest BCUT2D eigenvalue weighted by Crippen LogP contribution is 2.14. The summed E-state index contributed by atoms with van der Waals surface area (Å²) in [4.78, 5) is 16.0. The standard InChI is InChI=1S/C12H17N3O/c1-8-3-4-11(14-6-8)15-12(16)10-5-9(2)7-13-10/h3-4,6,9-10,13H,5,7H2,1-2H3,(H,14,15,16)/t9-,10-/m0/s1. The minimum Gasteiger partial charge on any atom is -0.309 e. The molecule has 4 nitrogen and oxygen atoms in total. The Morgan fingerprint density at radius 3 is 2.94 bits per heavy atom. The van der Waals surface area contributed by atoms with E-state index in [1.165, 1.54) is 0 Å². The minimum atomic E-state index is -0.0712. The fourth-order valence-corrected chi connectivity index (χ4v) is 1.87. The molecule has 2 atom stereocenters. The zero-order valence-corrected chi connectivity index (χ0v) is 9.66. The fourth-order valence-electron chi connectivity index (χ4n) is 1.87. The number of carbonyl (C=O) groups is 1. The van der Waals surface area contributed by atoms with Crippen molar-refractivity contribution in [3.63, 3.8) is 0 Å². The Morgan fingerprint density at radius 2 is 2.38 bits per heavy atom. The first-order chi connectivity index (χ1) is 7.65. The molecule has 0 bridgehead atoms. The smallest absolute Gasteiger partial charge is 0.242 e. The molecule has 0 radical (unpaired) electrons. The lowest BCUT2D eigenvalue weighted by Crippen LogP contribution is -2.35. The van der Waals surface area contributed by atoms with Crippen LogP contribution in [-0.4, -0.2) is 23.5 Å². The van der Waals surface area contributed by atoms with E-state index < -0.39 is 0 Å². The second-order valence-electron chi connectivity index (χ2n) is 4.51. The van der Waals surface area contributed by atoms with Gasteiger partial charge < -0.3 is 10.6 Å². The van der Waals surface area contributed by atoms with Crippen molar-refractivity contribution < 1.29 is 4.79 Å². The van der Waals surface area contributed by atoms with Gasteiger partial charge in [0.25, 0.3) is 0 Å². The van der Waals surface area contributed by atoms with Gasteiger partial charge in [-0.2, -0.15) is 0 Å². The first-order valence-electron chi connectivity index (χ1n) is 5.62. The number of anilines is 1. The van der Waals surface area contributed by atoms with Crippen LogP contribution in [0.3, 0.4) is 0 Å². The highest BCUT2D eigenvalue weighted by atomic mass is 16.2. The third-order valence-corrected chi connectivity index (χ3v) is 2.83.